The van der Waals surface area contributed by atoms with E-state index >= 15 is 0 Å². The van der Waals surface area contributed by atoms with Crippen LogP contribution in [-0.4, -0.2) is 39.7 Å². The third kappa shape index (κ3) is 4.09. The van der Waals surface area contributed by atoms with Gasteiger partial charge in [0.2, 0.25) is 0 Å². The van der Waals surface area contributed by atoms with Crippen molar-refractivity contribution in [3.05, 3.63) is 76.3 Å². The lowest BCUT2D eigenvalue weighted by Gasteiger charge is -2.22. The molecule has 32 heavy (non-hydrogen) atoms. The molecule has 4 rings (SSSR count). The van der Waals surface area contributed by atoms with E-state index in [9.17, 15) is 4.79 Å². The smallest absolute Gasteiger partial charge is 0.258 e. The fourth-order valence-electron chi connectivity index (χ4n) is 3.36. The van der Waals surface area contributed by atoms with Crippen molar-refractivity contribution >= 4 is 29.0 Å². The van der Waals surface area contributed by atoms with E-state index in [0.717, 1.165) is 5.69 Å². The van der Waals surface area contributed by atoms with Crippen LogP contribution in [0.3, 0.4) is 0 Å². The highest BCUT2D eigenvalue weighted by atomic mass is 35.5. The van der Waals surface area contributed by atoms with Crippen LogP contribution in [-0.2, 0) is 6.54 Å². The fourth-order valence-corrected chi connectivity index (χ4v) is 3.48. The van der Waals surface area contributed by atoms with Crippen molar-refractivity contribution in [2.24, 2.45) is 0 Å². The van der Waals surface area contributed by atoms with Crippen LogP contribution >= 0.6 is 11.6 Å². The van der Waals surface area contributed by atoms with Gasteiger partial charge in [0.25, 0.3) is 11.7 Å². The summed E-state index contributed by atoms with van der Waals surface area (Å²) in [6, 6.07) is 14.2. The minimum atomic E-state index is -0.216. The summed E-state index contributed by atoms with van der Waals surface area (Å²) >= 11 is 6.32. The Morgan fingerprint density at radius 2 is 1.75 bits per heavy atom. The summed E-state index contributed by atoms with van der Waals surface area (Å²) in [5, 5.41) is 5.07. The van der Waals surface area contributed by atoms with Gasteiger partial charge in [0.1, 0.15) is 11.5 Å². The van der Waals surface area contributed by atoms with Crippen LogP contribution in [0.4, 0.5) is 5.69 Å². The molecule has 0 saturated heterocycles. The van der Waals surface area contributed by atoms with Gasteiger partial charge in [-0.1, -0.05) is 17.7 Å². The number of hydrogen-bond acceptors (Lipinski definition) is 6. The Balaban J connectivity index is 1.75. The van der Waals surface area contributed by atoms with Gasteiger partial charge >= 0.3 is 0 Å². The summed E-state index contributed by atoms with van der Waals surface area (Å²) in [5.41, 5.74) is 2.58. The summed E-state index contributed by atoms with van der Waals surface area (Å²) in [6.45, 7) is 3.81. The van der Waals surface area contributed by atoms with Crippen molar-refractivity contribution in [3.8, 4) is 11.5 Å². The topological polar surface area (TPSA) is 81.9 Å². The van der Waals surface area contributed by atoms with Crippen molar-refractivity contribution in [1.29, 1.82) is 0 Å². The number of aromatic nitrogens is 4. The normalized spacial score (nSPS) is 10.9. The molecule has 2 aromatic carbocycles. The molecule has 0 fully saturated rings. The number of aryl methyl sites for hydroxylation is 2. The van der Waals surface area contributed by atoms with Gasteiger partial charge in [-0.25, -0.2) is 4.98 Å². The fraction of sp³-hybridized carbons (Fsp3) is 0.217. The highest BCUT2D eigenvalue weighted by Gasteiger charge is 2.22. The Bertz CT molecular complexity index is 1290. The van der Waals surface area contributed by atoms with Crippen LogP contribution in [0.25, 0.3) is 5.78 Å². The second kappa shape index (κ2) is 8.84. The molecule has 0 bridgehead atoms. The number of anilines is 1. The first kappa shape index (κ1) is 21.6. The molecule has 9 heteroatoms. The molecule has 0 atom stereocenters. The van der Waals surface area contributed by atoms with E-state index in [0.29, 0.717) is 45.1 Å². The summed E-state index contributed by atoms with van der Waals surface area (Å²) in [6.07, 6.45) is 0. The first-order valence-corrected chi connectivity index (χ1v) is 10.3. The van der Waals surface area contributed by atoms with Gasteiger partial charge < -0.3 is 14.4 Å². The van der Waals surface area contributed by atoms with Crippen molar-refractivity contribution in [2.75, 3.05) is 19.1 Å². The van der Waals surface area contributed by atoms with Crippen LogP contribution < -0.4 is 14.4 Å². The first-order valence-electron chi connectivity index (χ1n) is 9.89. The molecule has 0 aliphatic heterocycles. The second-order valence-corrected chi connectivity index (χ2v) is 7.54. The van der Waals surface area contributed by atoms with Gasteiger partial charge in [-0.2, -0.15) is 9.50 Å². The molecule has 0 saturated carbocycles. The third-order valence-corrected chi connectivity index (χ3v) is 5.65. The molecule has 2 heterocycles. The van der Waals surface area contributed by atoms with Crippen molar-refractivity contribution in [2.45, 2.75) is 20.4 Å². The minimum Gasteiger partial charge on any atom is -0.497 e. The number of benzene rings is 2. The molecule has 164 valence electrons. The van der Waals surface area contributed by atoms with E-state index in [4.69, 9.17) is 21.1 Å². The number of amides is 1. The average Bonchev–Trinajstić information content (AvgIpc) is 3.23. The standard InChI is InChI=1S/C23H22ClN5O3/c1-14-21(24)15(2)29-23(25-14)26-20(27-29)13-28(17-8-10-18(31-3)11-9-17)22(30)16-6-5-7-19(12-16)32-4/h5-12H,13H2,1-4H3. The number of carbonyl (C=O) groups excluding carboxylic acids is 1. The molecule has 0 N–H and O–H groups in total. The summed E-state index contributed by atoms with van der Waals surface area (Å²) < 4.78 is 12.1. The lowest BCUT2D eigenvalue weighted by molar-refractivity contribution is 0.0984. The maximum absolute atomic E-state index is 13.5. The van der Waals surface area contributed by atoms with Crippen LogP contribution in [0.5, 0.6) is 11.5 Å². The molecule has 0 aliphatic carbocycles. The Kier molecular flexibility index (Phi) is 5.96. The quantitative estimate of drug-likeness (QED) is 0.435. The predicted molar refractivity (Wildman–Crippen MR) is 122 cm³/mol. The number of halogens is 1. The van der Waals surface area contributed by atoms with E-state index in [1.807, 2.05) is 26.0 Å². The zero-order valence-electron chi connectivity index (χ0n) is 18.2. The zero-order chi connectivity index (χ0) is 22.8. The number of rotatable bonds is 6. The zero-order valence-corrected chi connectivity index (χ0v) is 18.9. The summed E-state index contributed by atoms with van der Waals surface area (Å²) in [5.74, 6) is 1.95. The molecule has 0 unspecified atom stereocenters. The lowest BCUT2D eigenvalue weighted by Crippen LogP contribution is -2.31. The molecule has 0 spiro atoms. The summed E-state index contributed by atoms with van der Waals surface area (Å²) in [7, 11) is 3.16. The van der Waals surface area contributed by atoms with E-state index < -0.39 is 0 Å². The van der Waals surface area contributed by atoms with E-state index in [2.05, 4.69) is 15.1 Å². The van der Waals surface area contributed by atoms with Crippen molar-refractivity contribution in [3.63, 3.8) is 0 Å². The monoisotopic (exact) mass is 451 g/mol. The number of nitrogens with zero attached hydrogens (tertiary/aromatic N) is 5. The third-order valence-electron chi connectivity index (χ3n) is 5.10. The molecule has 4 aromatic rings. The van der Waals surface area contributed by atoms with Gasteiger partial charge in [0.15, 0.2) is 5.82 Å². The SMILES string of the molecule is COc1ccc(N(Cc2nc3nc(C)c(Cl)c(C)n3n2)C(=O)c2cccc(OC)c2)cc1. The number of ether oxygens (including phenoxy) is 2. The highest BCUT2D eigenvalue weighted by molar-refractivity contribution is 6.31. The Labute approximate surface area is 190 Å². The molecule has 2 aromatic heterocycles. The van der Waals surface area contributed by atoms with E-state index in [1.54, 1.807) is 60.0 Å². The van der Waals surface area contributed by atoms with Crippen LogP contribution in [0.15, 0.2) is 48.5 Å². The largest absolute Gasteiger partial charge is 0.497 e. The van der Waals surface area contributed by atoms with Gasteiger partial charge in [-0.05, 0) is 56.3 Å². The highest BCUT2D eigenvalue weighted by Crippen LogP contribution is 2.25. The summed E-state index contributed by atoms with van der Waals surface area (Å²) in [4.78, 5) is 24.0. The van der Waals surface area contributed by atoms with Crippen LogP contribution in [0.1, 0.15) is 27.6 Å². The van der Waals surface area contributed by atoms with Gasteiger partial charge in [0.05, 0.1) is 37.2 Å². The predicted octanol–water partition coefficient (Wildman–Crippen LogP) is 4.26. The maximum Gasteiger partial charge on any atom is 0.258 e. The Hall–Kier alpha value is -3.65. The number of fused-ring (bicyclic) bond motifs is 1. The Morgan fingerprint density at radius 1 is 1.03 bits per heavy atom. The van der Waals surface area contributed by atoms with Gasteiger partial charge in [-0.15, -0.1) is 5.10 Å². The van der Waals surface area contributed by atoms with Crippen molar-refractivity contribution in [1.82, 2.24) is 19.6 Å². The average molecular weight is 452 g/mol. The molecular weight excluding hydrogens is 430 g/mol. The molecule has 8 nitrogen and oxygen atoms in total. The van der Waals surface area contributed by atoms with Gasteiger partial charge in [-0.3, -0.25) is 4.79 Å². The maximum atomic E-state index is 13.5. The van der Waals surface area contributed by atoms with Gasteiger partial charge in [0, 0.05) is 11.3 Å². The van der Waals surface area contributed by atoms with Crippen LogP contribution in [0.2, 0.25) is 5.02 Å². The number of methoxy groups -OCH3 is 2. The second-order valence-electron chi connectivity index (χ2n) is 7.16. The van der Waals surface area contributed by atoms with E-state index in [1.165, 1.54) is 0 Å². The minimum absolute atomic E-state index is 0.141. The molecule has 0 radical (unpaired) electrons. The molecule has 0 aliphatic rings. The number of carbonyl (C=O) groups is 1. The lowest BCUT2D eigenvalue weighted by atomic mass is 10.1. The first-order chi connectivity index (χ1) is 15.4. The van der Waals surface area contributed by atoms with Crippen LogP contribution in [0, 0.1) is 13.8 Å². The Morgan fingerprint density at radius 3 is 2.44 bits per heavy atom. The number of hydrogen-bond donors (Lipinski definition) is 0. The molecular formula is C23H22ClN5O3. The van der Waals surface area contributed by atoms with Crippen molar-refractivity contribution < 1.29 is 14.3 Å². The van der Waals surface area contributed by atoms with E-state index in [-0.39, 0.29) is 12.5 Å². The molecule has 1 amide bonds.